The molecule has 0 atom stereocenters. The van der Waals surface area contributed by atoms with Gasteiger partial charge in [0.15, 0.2) is 5.78 Å². The van der Waals surface area contributed by atoms with E-state index in [1.807, 2.05) is 6.92 Å². The average Bonchev–Trinajstić information content (AvgIpc) is 2.08. The van der Waals surface area contributed by atoms with Gasteiger partial charge in [-0.1, -0.05) is 0 Å². The lowest BCUT2D eigenvalue weighted by atomic mass is 10.0. The van der Waals surface area contributed by atoms with E-state index in [-0.39, 0.29) is 5.78 Å². The van der Waals surface area contributed by atoms with Crippen molar-refractivity contribution in [1.29, 1.82) is 0 Å². The Hall–Kier alpha value is -1.16. The van der Waals surface area contributed by atoms with Gasteiger partial charge in [0.05, 0.1) is 5.69 Å². The largest absolute Gasteiger partial charge is 0.398 e. The van der Waals surface area contributed by atoms with E-state index in [2.05, 4.69) is 20.9 Å². The number of halogens is 1. The molecule has 2 rings (SSSR count). The summed E-state index contributed by atoms with van der Waals surface area (Å²) in [6.07, 6.45) is 0.406. The fourth-order valence-electron chi connectivity index (χ4n) is 1.47. The first-order valence-corrected chi connectivity index (χ1v) is 5.03. The second kappa shape index (κ2) is 3.20. The van der Waals surface area contributed by atoms with Crippen molar-refractivity contribution >= 4 is 38.8 Å². The topological polar surface area (TPSA) is 55.4 Å². The number of hydrogen-bond donors (Lipinski definition) is 1. The molecule has 0 bridgehead atoms. The Morgan fingerprint density at radius 2 is 2.21 bits per heavy atom. The summed E-state index contributed by atoms with van der Waals surface area (Å²) >= 11 is 3.29. The number of anilines is 1. The van der Waals surface area contributed by atoms with Crippen LogP contribution in [0.3, 0.4) is 0 Å². The quantitative estimate of drug-likeness (QED) is 0.722. The molecule has 0 radical (unpaired) electrons. The number of Topliss-reactive ketones (excluding diaryl/α,β-unsaturated/α-hetero) is 1. The molecule has 0 amide bonds. The van der Waals surface area contributed by atoms with Gasteiger partial charge in [-0.15, -0.1) is 0 Å². The lowest BCUT2D eigenvalue weighted by Crippen LogP contribution is -2.10. The molecule has 1 aromatic carbocycles. The average molecular weight is 253 g/mol. The summed E-state index contributed by atoms with van der Waals surface area (Å²) in [5.74, 6) is 0.105. The zero-order valence-corrected chi connectivity index (χ0v) is 9.26. The molecule has 0 unspecified atom stereocenters. The molecular weight excluding hydrogens is 244 g/mol. The van der Waals surface area contributed by atoms with Crippen molar-refractivity contribution in [2.24, 2.45) is 4.99 Å². The number of nitrogens with zero attached hydrogens (tertiary/aromatic N) is 1. The van der Waals surface area contributed by atoms with E-state index in [1.54, 1.807) is 12.1 Å². The summed E-state index contributed by atoms with van der Waals surface area (Å²) in [4.78, 5) is 15.9. The Bertz CT molecular complexity index is 452. The number of nitrogen functional groups attached to an aromatic ring is 1. The van der Waals surface area contributed by atoms with Crippen molar-refractivity contribution < 1.29 is 4.79 Å². The third-order valence-electron chi connectivity index (χ3n) is 2.14. The summed E-state index contributed by atoms with van der Waals surface area (Å²) in [7, 11) is 0. The molecule has 14 heavy (non-hydrogen) atoms. The number of rotatable bonds is 0. The van der Waals surface area contributed by atoms with Gasteiger partial charge in [-0.05, 0) is 35.0 Å². The van der Waals surface area contributed by atoms with Crippen molar-refractivity contribution in [3.8, 4) is 0 Å². The van der Waals surface area contributed by atoms with Crippen LogP contribution >= 0.6 is 15.9 Å². The smallest absolute Gasteiger partial charge is 0.170 e. The Morgan fingerprint density at radius 3 is 2.93 bits per heavy atom. The molecule has 1 aliphatic heterocycles. The predicted molar refractivity (Wildman–Crippen MR) is 60.3 cm³/mol. The van der Waals surface area contributed by atoms with Gasteiger partial charge >= 0.3 is 0 Å². The number of carbonyl (C=O) groups is 1. The van der Waals surface area contributed by atoms with E-state index < -0.39 is 0 Å². The number of nitrogens with two attached hydrogens (primary N) is 1. The molecule has 0 aromatic heterocycles. The van der Waals surface area contributed by atoms with Crippen LogP contribution in [0.15, 0.2) is 21.6 Å². The number of hydrogen-bond acceptors (Lipinski definition) is 3. The monoisotopic (exact) mass is 252 g/mol. The van der Waals surface area contributed by atoms with Crippen molar-refractivity contribution in [1.82, 2.24) is 0 Å². The van der Waals surface area contributed by atoms with Crippen molar-refractivity contribution in [2.45, 2.75) is 13.3 Å². The first-order chi connectivity index (χ1) is 6.58. The normalized spacial score (nSPS) is 15.0. The van der Waals surface area contributed by atoms with E-state index in [1.165, 1.54) is 0 Å². The summed E-state index contributed by atoms with van der Waals surface area (Å²) in [5, 5.41) is 0. The van der Waals surface area contributed by atoms with Crippen molar-refractivity contribution in [2.75, 3.05) is 5.73 Å². The van der Waals surface area contributed by atoms with E-state index in [0.717, 1.165) is 10.2 Å². The minimum Gasteiger partial charge on any atom is -0.398 e. The van der Waals surface area contributed by atoms with Gasteiger partial charge in [0, 0.05) is 27.9 Å². The van der Waals surface area contributed by atoms with E-state index in [4.69, 9.17) is 5.73 Å². The summed E-state index contributed by atoms with van der Waals surface area (Å²) < 4.78 is 0.749. The predicted octanol–water partition coefficient (Wildman–Crippen LogP) is 2.71. The Labute approximate surface area is 90.1 Å². The molecule has 0 spiro atoms. The maximum Gasteiger partial charge on any atom is 0.170 e. The fraction of sp³-hybridized carbons (Fsp3) is 0.200. The number of fused-ring (bicyclic) bond motifs is 1. The number of aliphatic imine (C=N–C) groups is 1. The van der Waals surface area contributed by atoms with Gasteiger partial charge in [0.2, 0.25) is 0 Å². The number of carbonyl (C=O) groups excluding carboxylic acids is 1. The van der Waals surface area contributed by atoms with Crippen LogP contribution in [0, 0.1) is 0 Å². The molecule has 0 fully saturated rings. The van der Waals surface area contributed by atoms with Crippen LogP contribution in [-0.2, 0) is 0 Å². The minimum atomic E-state index is 0.105. The lowest BCUT2D eigenvalue weighted by Gasteiger charge is -2.13. The Kier molecular flexibility index (Phi) is 2.15. The highest BCUT2D eigenvalue weighted by Crippen LogP contribution is 2.32. The first kappa shape index (κ1) is 9.40. The van der Waals surface area contributed by atoms with Crippen LogP contribution < -0.4 is 5.73 Å². The maximum atomic E-state index is 11.6. The number of benzene rings is 1. The summed E-state index contributed by atoms with van der Waals surface area (Å²) in [6, 6.07) is 3.46. The number of ketones is 1. The van der Waals surface area contributed by atoms with Crippen LogP contribution in [-0.4, -0.2) is 11.5 Å². The molecular formula is C10H9BrN2O. The molecule has 0 saturated heterocycles. The van der Waals surface area contributed by atoms with Crippen LogP contribution in [0.5, 0.6) is 0 Å². The van der Waals surface area contributed by atoms with Gasteiger partial charge in [0.25, 0.3) is 0 Å². The Morgan fingerprint density at radius 1 is 1.50 bits per heavy atom. The summed E-state index contributed by atoms with van der Waals surface area (Å²) in [6.45, 7) is 1.85. The highest BCUT2D eigenvalue weighted by Gasteiger charge is 2.18. The van der Waals surface area contributed by atoms with Crippen LogP contribution in [0.2, 0.25) is 0 Å². The van der Waals surface area contributed by atoms with Crippen LogP contribution in [0.25, 0.3) is 0 Å². The third-order valence-corrected chi connectivity index (χ3v) is 2.83. The second-order valence-electron chi connectivity index (χ2n) is 3.34. The van der Waals surface area contributed by atoms with Gasteiger partial charge < -0.3 is 5.73 Å². The molecule has 1 heterocycles. The molecule has 0 saturated carbocycles. The Balaban J connectivity index is 2.67. The highest BCUT2D eigenvalue weighted by atomic mass is 79.9. The zero-order chi connectivity index (χ0) is 10.3. The van der Waals surface area contributed by atoms with Crippen molar-refractivity contribution in [3.63, 3.8) is 0 Å². The molecule has 1 aliphatic rings. The fourth-order valence-corrected chi connectivity index (χ4v) is 1.81. The summed E-state index contributed by atoms with van der Waals surface area (Å²) in [5.41, 5.74) is 8.48. The molecule has 3 nitrogen and oxygen atoms in total. The van der Waals surface area contributed by atoms with E-state index in [9.17, 15) is 4.79 Å². The van der Waals surface area contributed by atoms with Crippen LogP contribution in [0.4, 0.5) is 11.4 Å². The first-order valence-electron chi connectivity index (χ1n) is 4.24. The van der Waals surface area contributed by atoms with Gasteiger partial charge in [-0.25, -0.2) is 0 Å². The minimum absolute atomic E-state index is 0.105. The maximum absolute atomic E-state index is 11.6. The zero-order valence-electron chi connectivity index (χ0n) is 7.67. The molecule has 2 N–H and O–H groups in total. The third kappa shape index (κ3) is 1.46. The second-order valence-corrected chi connectivity index (χ2v) is 4.19. The molecule has 1 aromatic rings. The van der Waals surface area contributed by atoms with Crippen molar-refractivity contribution in [3.05, 3.63) is 22.2 Å². The van der Waals surface area contributed by atoms with Gasteiger partial charge in [0.1, 0.15) is 0 Å². The molecule has 0 aliphatic carbocycles. The lowest BCUT2D eigenvalue weighted by molar-refractivity contribution is 0.0999. The highest BCUT2D eigenvalue weighted by molar-refractivity contribution is 9.10. The molecule has 72 valence electrons. The van der Waals surface area contributed by atoms with E-state index >= 15 is 0 Å². The molecule has 4 heteroatoms. The van der Waals surface area contributed by atoms with Crippen LogP contribution in [0.1, 0.15) is 23.7 Å². The van der Waals surface area contributed by atoms with Gasteiger partial charge in [-0.3, -0.25) is 9.79 Å². The van der Waals surface area contributed by atoms with Gasteiger partial charge in [-0.2, -0.15) is 0 Å². The van der Waals surface area contributed by atoms with E-state index in [0.29, 0.717) is 23.4 Å². The standard InChI is InChI=1S/C10H9BrN2O/c1-5-2-10(14)6-3-7(11)8(12)4-9(6)13-5/h3-4H,2,12H2,1H3. The SMILES string of the molecule is CC1=Nc2cc(N)c(Br)cc2C(=O)C1.